The smallest absolute Gasteiger partial charge is 0.353 e. The van der Waals surface area contributed by atoms with Crippen molar-refractivity contribution in [2.45, 2.75) is 19.9 Å². The molecule has 0 atom stereocenters. The van der Waals surface area contributed by atoms with Crippen LogP contribution in [0.15, 0.2) is 11.9 Å². The minimum absolute atomic E-state index is 0.277. The van der Waals surface area contributed by atoms with Crippen LogP contribution in [0, 0.1) is 0 Å². The van der Waals surface area contributed by atoms with Crippen molar-refractivity contribution < 1.29 is 9.90 Å². The number of hydrogen-bond acceptors (Lipinski definition) is 3. The molecule has 4 nitrogen and oxygen atoms in total. The first-order valence-electron chi connectivity index (χ1n) is 3.56. The van der Waals surface area contributed by atoms with Crippen LogP contribution in [-0.4, -0.2) is 28.7 Å². The molecule has 1 aliphatic rings. The molecule has 0 aromatic heterocycles. The van der Waals surface area contributed by atoms with Gasteiger partial charge in [0.15, 0.2) is 0 Å². The molecule has 2 N–H and O–H groups in total. The maximum absolute atomic E-state index is 10.4. The van der Waals surface area contributed by atoms with Crippen LogP contribution in [-0.2, 0) is 4.79 Å². The third-order valence-electron chi connectivity index (χ3n) is 1.64. The van der Waals surface area contributed by atoms with Gasteiger partial charge in [-0.1, -0.05) is 0 Å². The fourth-order valence-electron chi connectivity index (χ4n) is 0.896. The van der Waals surface area contributed by atoms with Gasteiger partial charge in [0.2, 0.25) is 0 Å². The normalized spacial score (nSPS) is 16.6. The first kappa shape index (κ1) is 7.91. The molecule has 0 saturated heterocycles. The molecule has 0 spiro atoms. The van der Waals surface area contributed by atoms with E-state index in [1.54, 1.807) is 6.20 Å². The third-order valence-corrected chi connectivity index (χ3v) is 1.64. The number of carboxylic acids is 1. The van der Waals surface area contributed by atoms with E-state index in [0.717, 1.165) is 0 Å². The van der Waals surface area contributed by atoms with Crippen molar-refractivity contribution in [2.75, 3.05) is 6.67 Å². The lowest BCUT2D eigenvalue weighted by Gasteiger charge is -2.18. The van der Waals surface area contributed by atoms with Gasteiger partial charge >= 0.3 is 5.97 Å². The van der Waals surface area contributed by atoms with E-state index in [-0.39, 0.29) is 5.70 Å². The summed E-state index contributed by atoms with van der Waals surface area (Å²) in [7, 11) is 0. The molecule has 1 heterocycles. The lowest BCUT2D eigenvalue weighted by molar-refractivity contribution is -0.132. The quantitative estimate of drug-likeness (QED) is 0.599. The Bertz CT molecular complexity index is 199. The van der Waals surface area contributed by atoms with Crippen LogP contribution in [0.1, 0.15) is 13.8 Å². The lowest BCUT2D eigenvalue weighted by atomic mass is 10.3. The summed E-state index contributed by atoms with van der Waals surface area (Å²) in [5, 5.41) is 11.3. The zero-order valence-corrected chi connectivity index (χ0v) is 6.66. The Morgan fingerprint density at radius 1 is 1.82 bits per heavy atom. The largest absolute Gasteiger partial charge is 0.477 e. The van der Waals surface area contributed by atoms with Gasteiger partial charge in [0.1, 0.15) is 5.70 Å². The van der Waals surface area contributed by atoms with E-state index in [2.05, 4.69) is 5.32 Å². The number of aliphatic carboxylic acids is 1. The highest BCUT2D eigenvalue weighted by Gasteiger charge is 2.17. The van der Waals surface area contributed by atoms with E-state index in [0.29, 0.717) is 12.7 Å². The lowest BCUT2D eigenvalue weighted by Crippen LogP contribution is -2.28. The number of carboxylic acid groups (broad SMARTS) is 1. The summed E-state index contributed by atoms with van der Waals surface area (Å²) in [5.41, 5.74) is 0.277. The second kappa shape index (κ2) is 2.82. The van der Waals surface area contributed by atoms with Gasteiger partial charge in [-0.15, -0.1) is 0 Å². The number of rotatable bonds is 2. The molecule has 11 heavy (non-hydrogen) atoms. The van der Waals surface area contributed by atoms with Gasteiger partial charge in [-0.25, -0.2) is 4.79 Å². The highest BCUT2D eigenvalue weighted by Crippen LogP contribution is 2.07. The standard InChI is InChI=1S/C7H12N2O2/c1-5(2)9-3-6(7(10)11)8-4-9/h3,5,8H,4H2,1-2H3,(H,10,11). The van der Waals surface area contributed by atoms with Gasteiger partial charge in [-0.3, -0.25) is 0 Å². The van der Waals surface area contributed by atoms with Crippen LogP contribution in [0.4, 0.5) is 0 Å². The van der Waals surface area contributed by atoms with Crippen LogP contribution < -0.4 is 5.32 Å². The molecule has 1 rings (SSSR count). The van der Waals surface area contributed by atoms with Gasteiger partial charge in [0, 0.05) is 12.2 Å². The fourth-order valence-corrected chi connectivity index (χ4v) is 0.896. The summed E-state index contributed by atoms with van der Waals surface area (Å²) < 4.78 is 0. The van der Waals surface area contributed by atoms with Gasteiger partial charge in [-0.2, -0.15) is 0 Å². The summed E-state index contributed by atoms with van der Waals surface area (Å²) >= 11 is 0. The minimum Gasteiger partial charge on any atom is -0.477 e. The van der Waals surface area contributed by atoms with Crippen LogP contribution in [0.5, 0.6) is 0 Å². The Labute approximate surface area is 65.5 Å². The molecule has 0 radical (unpaired) electrons. The molecule has 0 saturated carbocycles. The van der Waals surface area contributed by atoms with Crippen LogP contribution in [0.2, 0.25) is 0 Å². The second-order valence-electron chi connectivity index (χ2n) is 2.79. The molecule has 0 aromatic rings. The SMILES string of the molecule is CC(C)N1C=C(C(=O)O)NC1. The monoisotopic (exact) mass is 156 g/mol. The molecule has 0 fully saturated rings. The molecule has 0 amide bonds. The average molecular weight is 156 g/mol. The predicted molar refractivity (Wildman–Crippen MR) is 40.7 cm³/mol. The first-order valence-corrected chi connectivity index (χ1v) is 3.56. The summed E-state index contributed by atoms with van der Waals surface area (Å²) in [6.45, 7) is 4.63. The molecular weight excluding hydrogens is 144 g/mol. The Balaban J connectivity index is 2.61. The maximum Gasteiger partial charge on any atom is 0.353 e. The number of carbonyl (C=O) groups is 1. The van der Waals surface area contributed by atoms with Crippen molar-refractivity contribution in [3.63, 3.8) is 0 Å². The predicted octanol–water partition coefficient (Wildman–Crippen LogP) is 0.183. The molecule has 0 aliphatic carbocycles. The molecule has 1 aliphatic heterocycles. The highest BCUT2D eigenvalue weighted by atomic mass is 16.4. The second-order valence-corrected chi connectivity index (χ2v) is 2.79. The first-order chi connectivity index (χ1) is 5.11. The van der Waals surface area contributed by atoms with E-state index >= 15 is 0 Å². The molecular formula is C7H12N2O2. The maximum atomic E-state index is 10.4. The van der Waals surface area contributed by atoms with Crippen molar-refractivity contribution in [1.82, 2.24) is 10.2 Å². The summed E-state index contributed by atoms with van der Waals surface area (Å²) in [6, 6.07) is 0.347. The van der Waals surface area contributed by atoms with E-state index in [9.17, 15) is 4.79 Å². The zero-order chi connectivity index (χ0) is 8.43. The van der Waals surface area contributed by atoms with E-state index in [1.165, 1.54) is 0 Å². The van der Waals surface area contributed by atoms with Crippen LogP contribution in [0.25, 0.3) is 0 Å². The minimum atomic E-state index is -0.895. The van der Waals surface area contributed by atoms with Gasteiger partial charge in [0.05, 0.1) is 6.67 Å². The Morgan fingerprint density at radius 2 is 2.45 bits per heavy atom. The van der Waals surface area contributed by atoms with Crippen molar-refractivity contribution in [2.24, 2.45) is 0 Å². The van der Waals surface area contributed by atoms with Crippen molar-refractivity contribution >= 4 is 5.97 Å². The summed E-state index contributed by atoms with van der Waals surface area (Å²) in [4.78, 5) is 12.3. The Morgan fingerprint density at radius 3 is 2.73 bits per heavy atom. The van der Waals surface area contributed by atoms with Crippen LogP contribution >= 0.6 is 0 Å². The molecule has 4 heteroatoms. The van der Waals surface area contributed by atoms with E-state index in [1.807, 2.05) is 18.7 Å². The average Bonchev–Trinajstić information content (AvgIpc) is 2.33. The number of hydrogen-bond donors (Lipinski definition) is 2. The molecule has 0 unspecified atom stereocenters. The van der Waals surface area contributed by atoms with E-state index in [4.69, 9.17) is 5.11 Å². The summed E-state index contributed by atoms with van der Waals surface area (Å²) in [5.74, 6) is -0.895. The third kappa shape index (κ3) is 1.63. The van der Waals surface area contributed by atoms with Gasteiger partial charge < -0.3 is 15.3 Å². The summed E-state index contributed by atoms with van der Waals surface area (Å²) in [6.07, 6.45) is 1.63. The fraction of sp³-hybridized carbons (Fsp3) is 0.571. The molecule has 0 aromatic carbocycles. The van der Waals surface area contributed by atoms with Crippen molar-refractivity contribution in [3.05, 3.63) is 11.9 Å². The van der Waals surface area contributed by atoms with Crippen molar-refractivity contribution in [3.8, 4) is 0 Å². The Hall–Kier alpha value is -1.19. The Kier molecular flexibility index (Phi) is 2.03. The molecule has 62 valence electrons. The zero-order valence-electron chi connectivity index (χ0n) is 6.66. The molecule has 0 bridgehead atoms. The van der Waals surface area contributed by atoms with E-state index < -0.39 is 5.97 Å². The number of nitrogens with zero attached hydrogens (tertiary/aromatic N) is 1. The van der Waals surface area contributed by atoms with Gasteiger partial charge in [-0.05, 0) is 13.8 Å². The van der Waals surface area contributed by atoms with Gasteiger partial charge in [0.25, 0.3) is 0 Å². The van der Waals surface area contributed by atoms with Crippen molar-refractivity contribution in [1.29, 1.82) is 0 Å². The number of nitrogens with one attached hydrogen (secondary N) is 1. The topological polar surface area (TPSA) is 52.6 Å². The highest BCUT2D eigenvalue weighted by molar-refractivity contribution is 5.86. The van der Waals surface area contributed by atoms with Crippen LogP contribution in [0.3, 0.4) is 0 Å².